The Hall–Kier alpha value is -0.720. The van der Waals surface area contributed by atoms with Crippen LogP contribution in [0.5, 0.6) is 0 Å². The zero-order chi connectivity index (χ0) is 12.1. The number of hydrogen-bond donors (Lipinski definition) is 1. The summed E-state index contributed by atoms with van der Waals surface area (Å²) >= 11 is 5.18. The fourth-order valence-electron chi connectivity index (χ4n) is 1.46. The Kier molecular flexibility index (Phi) is 4.70. The molecule has 0 saturated carbocycles. The molecule has 0 unspecified atom stereocenters. The maximum Gasteiger partial charge on any atom is 0.164 e. The van der Waals surface area contributed by atoms with Crippen molar-refractivity contribution in [3.63, 3.8) is 0 Å². The molecule has 0 atom stereocenters. The molecule has 2 aromatic heterocycles. The summed E-state index contributed by atoms with van der Waals surface area (Å²) in [6.45, 7) is 4.69. The number of nitrogens with one attached hydrogen (secondary N) is 1. The normalized spacial score (nSPS) is 10.9. The van der Waals surface area contributed by atoms with Crippen molar-refractivity contribution < 1.29 is 0 Å². The summed E-state index contributed by atoms with van der Waals surface area (Å²) in [6, 6.07) is 4.16. The van der Waals surface area contributed by atoms with Gasteiger partial charge in [0, 0.05) is 4.88 Å². The third-order valence-electron chi connectivity index (χ3n) is 2.24. The van der Waals surface area contributed by atoms with Crippen LogP contribution in [0.2, 0.25) is 0 Å². The van der Waals surface area contributed by atoms with Crippen molar-refractivity contribution in [2.75, 3.05) is 6.54 Å². The summed E-state index contributed by atoms with van der Waals surface area (Å²) in [4.78, 5) is 5.55. The summed E-state index contributed by atoms with van der Waals surface area (Å²) in [5, 5.41) is 7.71. The Morgan fingerprint density at radius 2 is 2.35 bits per heavy atom. The highest BCUT2D eigenvalue weighted by Crippen LogP contribution is 2.22. The predicted molar refractivity (Wildman–Crippen MR) is 73.1 cm³/mol. The molecule has 0 fully saturated rings. The standard InChI is InChI=1S/C11H15BrN4S/c1-2-5-13-6-11-14-8-16(15-11)7-9-3-4-10(12)17-9/h3-4,8,13H,2,5-7H2,1H3. The van der Waals surface area contributed by atoms with Gasteiger partial charge < -0.3 is 5.32 Å². The number of rotatable bonds is 6. The highest BCUT2D eigenvalue weighted by Gasteiger charge is 2.03. The molecular formula is C11H15BrN4S. The predicted octanol–water partition coefficient (Wildman–Crippen LogP) is 2.65. The molecule has 0 amide bonds. The average molecular weight is 315 g/mol. The largest absolute Gasteiger partial charge is 0.310 e. The summed E-state index contributed by atoms with van der Waals surface area (Å²) in [7, 11) is 0. The van der Waals surface area contributed by atoms with E-state index in [0.717, 1.165) is 35.7 Å². The zero-order valence-corrected chi connectivity index (χ0v) is 12.1. The molecule has 1 N–H and O–H groups in total. The number of thiophene rings is 1. The second-order valence-corrected chi connectivity index (χ2v) is 6.29. The van der Waals surface area contributed by atoms with Crippen LogP contribution in [0.15, 0.2) is 22.2 Å². The topological polar surface area (TPSA) is 42.7 Å². The SMILES string of the molecule is CCCNCc1ncn(Cc2ccc(Br)s2)n1. The first-order chi connectivity index (χ1) is 8.28. The third-order valence-corrected chi connectivity index (χ3v) is 3.85. The van der Waals surface area contributed by atoms with Crippen LogP contribution < -0.4 is 5.32 Å². The van der Waals surface area contributed by atoms with Crippen LogP contribution in [0.4, 0.5) is 0 Å². The zero-order valence-electron chi connectivity index (χ0n) is 9.69. The molecule has 4 nitrogen and oxygen atoms in total. The Morgan fingerprint density at radius 1 is 1.47 bits per heavy atom. The fraction of sp³-hybridized carbons (Fsp3) is 0.455. The molecule has 0 bridgehead atoms. The Labute approximate surface area is 113 Å². The van der Waals surface area contributed by atoms with Gasteiger partial charge in [-0.25, -0.2) is 9.67 Å². The van der Waals surface area contributed by atoms with Crippen LogP contribution in [-0.4, -0.2) is 21.3 Å². The van der Waals surface area contributed by atoms with Gasteiger partial charge in [-0.15, -0.1) is 11.3 Å². The lowest BCUT2D eigenvalue weighted by Gasteiger charge is -1.98. The van der Waals surface area contributed by atoms with E-state index in [-0.39, 0.29) is 0 Å². The molecular weight excluding hydrogens is 300 g/mol. The molecule has 0 aliphatic carbocycles. The van der Waals surface area contributed by atoms with Gasteiger partial charge in [-0.2, -0.15) is 5.10 Å². The van der Waals surface area contributed by atoms with Crippen molar-refractivity contribution >= 4 is 27.3 Å². The molecule has 92 valence electrons. The lowest BCUT2D eigenvalue weighted by atomic mass is 10.5. The summed E-state index contributed by atoms with van der Waals surface area (Å²) in [5.41, 5.74) is 0. The van der Waals surface area contributed by atoms with Crippen molar-refractivity contribution in [1.82, 2.24) is 20.1 Å². The minimum atomic E-state index is 0.745. The third kappa shape index (κ3) is 3.90. The first-order valence-corrected chi connectivity index (χ1v) is 7.22. The Morgan fingerprint density at radius 3 is 3.06 bits per heavy atom. The van der Waals surface area contributed by atoms with E-state index in [0.29, 0.717) is 0 Å². The first kappa shape index (κ1) is 12.7. The molecule has 0 spiro atoms. The van der Waals surface area contributed by atoms with Crippen LogP contribution in [-0.2, 0) is 13.1 Å². The molecule has 2 rings (SSSR count). The molecule has 17 heavy (non-hydrogen) atoms. The van der Waals surface area contributed by atoms with Gasteiger partial charge in [0.25, 0.3) is 0 Å². The lowest BCUT2D eigenvalue weighted by Crippen LogP contribution is -2.15. The van der Waals surface area contributed by atoms with Crippen molar-refractivity contribution in [3.8, 4) is 0 Å². The van der Waals surface area contributed by atoms with E-state index in [1.165, 1.54) is 4.88 Å². The number of hydrogen-bond acceptors (Lipinski definition) is 4. The van der Waals surface area contributed by atoms with Crippen molar-refractivity contribution in [2.24, 2.45) is 0 Å². The minimum Gasteiger partial charge on any atom is -0.310 e. The second kappa shape index (κ2) is 6.28. The summed E-state index contributed by atoms with van der Waals surface area (Å²) < 4.78 is 3.03. The lowest BCUT2D eigenvalue weighted by molar-refractivity contribution is 0.627. The van der Waals surface area contributed by atoms with Gasteiger partial charge in [-0.05, 0) is 41.0 Å². The minimum absolute atomic E-state index is 0.745. The molecule has 0 aliphatic rings. The van der Waals surface area contributed by atoms with E-state index >= 15 is 0 Å². The van der Waals surface area contributed by atoms with Crippen molar-refractivity contribution in [3.05, 3.63) is 32.9 Å². The van der Waals surface area contributed by atoms with Gasteiger partial charge in [0.2, 0.25) is 0 Å². The van der Waals surface area contributed by atoms with Crippen molar-refractivity contribution in [1.29, 1.82) is 0 Å². The van der Waals surface area contributed by atoms with Crippen LogP contribution in [0, 0.1) is 0 Å². The van der Waals surface area contributed by atoms with Crippen LogP contribution in [0.25, 0.3) is 0 Å². The van der Waals surface area contributed by atoms with E-state index < -0.39 is 0 Å². The second-order valence-electron chi connectivity index (χ2n) is 3.74. The van der Waals surface area contributed by atoms with E-state index in [2.05, 4.69) is 50.4 Å². The molecule has 6 heteroatoms. The van der Waals surface area contributed by atoms with Gasteiger partial charge in [-0.1, -0.05) is 6.92 Å². The molecule has 2 aromatic rings. The quantitative estimate of drug-likeness (QED) is 0.834. The van der Waals surface area contributed by atoms with Crippen LogP contribution in [0.1, 0.15) is 24.0 Å². The molecule has 0 aliphatic heterocycles. The van der Waals surface area contributed by atoms with Crippen LogP contribution >= 0.6 is 27.3 Å². The molecule has 0 radical (unpaired) electrons. The summed E-state index contributed by atoms with van der Waals surface area (Å²) in [5.74, 6) is 0.856. The van der Waals surface area contributed by atoms with Gasteiger partial charge in [-0.3, -0.25) is 0 Å². The number of aromatic nitrogens is 3. The van der Waals surface area contributed by atoms with E-state index in [9.17, 15) is 0 Å². The van der Waals surface area contributed by atoms with E-state index in [4.69, 9.17) is 0 Å². The maximum atomic E-state index is 4.42. The fourth-order valence-corrected chi connectivity index (χ4v) is 2.94. The van der Waals surface area contributed by atoms with Gasteiger partial charge in [0.05, 0.1) is 16.9 Å². The van der Waals surface area contributed by atoms with Gasteiger partial charge >= 0.3 is 0 Å². The van der Waals surface area contributed by atoms with Crippen molar-refractivity contribution in [2.45, 2.75) is 26.4 Å². The smallest absolute Gasteiger partial charge is 0.164 e. The van der Waals surface area contributed by atoms with Crippen LogP contribution in [0.3, 0.4) is 0 Å². The average Bonchev–Trinajstić information content (AvgIpc) is 2.90. The monoisotopic (exact) mass is 314 g/mol. The number of nitrogens with zero attached hydrogens (tertiary/aromatic N) is 3. The molecule has 0 aromatic carbocycles. The van der Waals surface area contributed by atoms with E-state index in [1.54, 1.807) is 17.7 Å². The Balaban J connectivity index is 1.89. The van der Waals surface area contributed by atoms with E-state index in [1.807, 2.05) is 4.68 Å². The summed E-state index contributed by atoms with van der Waals surface area (Å²) in [6.07, 6.45) is 2.92. The van der Waals surface area contributed by atoms with Gasteiger partial charge in [0.15, 0.2) is 5.82 Å². The maximum absolute atomic E-state index is 4.42. The first-order valence-electron chi connectivity index (χ1n) is 5.61. The number of halogens is 1. The van der Waals surface area contributed by atoms with Gasteiger partial charge in [0.1, 0.15) is 6.33 Å². The Bertz CT molecular complexity index is 465. The highest BCUT2D eigenvalue weighted by atomic mass is 79.9. The highest BCUT2D eigenvalue weighted by molar-refractivity contribution is 9.11. The molecule has 0 saturated heterocycles. The molecule has 2 heterocycles.